The Bertz CT molecular complexity index is 1110. The standard InChI is InChI=1S/C20H16N2O8S/c23-17(7-9-19(25)26)21-13-3-1-5-15(11-13)31(29,30)16-6-2-4-14(12-16)22-18(24)8-10-20(27)28/h1-12H,(H,21,23)(H,22,24)(H,25,26)(H,27,28). The van der Waals surface area contributed by atoms with Crippen molar-refractivity contribution in [1.82, 2.24) is 0 Å². The molecule has 0 saturated heterocycles. The van der Waals surface area contributed by atoms with Gasteiger partial charge in [-0.1, -0.05) is 12.1 Å². The molecule has 0 atom stereocenters. The molecule has 4 N–H and O–H groups in total. The molecule has 11 heteroatoms. The van der Waals surface area contributed by atoms with Crippen molar-refractivity contribution in [2.75, 3.05) is 10.6 Å². The van der Waals surface area contributed by atoms with Crippen LogP contribution in [0.25, 0.3) is 0 Å². The zero-order valence-corrected chi connectivity index (χ0v) is 16.5. The van der Waals surface area contributed by atoms with Gasteiger partial charge in [-0.2, -0.15) is 0 Å². The lowest BCUT2D eigenvalue weighted by Crippen LogP contribution is -2.11. The van der Waals surface area contributed by atoms with Gasteiger partial charge in [0.2, 0.25) is 21.7 Å². The second-order valence-electron chi connectivity index (χ2n) is 5.88. The molecule has 31 heavy (non-hydrogen) atoms. The maximum Gasteiger partial charge on any atom is 0.328 e. The van der Waals surface area contributed by atoms with Crippen LogP contribution in [-0.2, 0) is 29.0 Å². The monoisotopic (exact) mass is 444 g/mol. The smallest absolute Gasteiger partial charge is 0.328 e. The highest BCUT2D eigenvalue weighted by Gasteiger charge is 2.19. The quantitative estimate of drug-likeness (QED) is 0.446. The number of carboxylic acid groups (broad SMARTS) is 2. The van der Waals surface area contributed by atoms with Crippen LogP contribution in [0.5, 0.6) is 0 Å². The first-order valence-corrected chi connectivity index (χ1v) is 9.95. The van der Waals surface area contributed by atoms with Gasteiger partial charge in [-0.25, -0.2) is 18.0 Å². The van der Waals surface area contributed by atoms with Crippen molar-refractivity contribution in [3.05, 3.63) is 72.8 Å². The molecule has 0 aliphatic heterocycles. The van der Waals surface area contributed by atoms with Gasteiger partial charge in [-0.05, 0) is 36.4 Å². The zero-order valence-electron chi connectivity index (χ0n) is 15.7. The second kappa shape index (κ2) is 9.98. The van der Waals surface area contributed by atoms with Crippen LogP contribution in [0.2, 0.25) is 0 Å². The van der Waals surface area contributed by atoms with E-state index in [0.29, 0.717) is 12.2 Å². The van der Waals surface area contributed by atoms with Gasteiger partial charge in [-0.3, -0.25) is 9.59 Å². The maximum atomic E-state index is 12.9. The highest BCUT2D eigenvalue weighted by atomic mass is 32.2. The summed E-state index contributed by atoms with van der Waals surface area (Å²) >= 11 is 0. The third-order valence-corrected chi connectivity index (χ3v) is 5.33. The molecule has 0 radical (unpaired) electrons. The van der Waals surface area contributed by atoms with Crippen molar-refractivity contribution >= 4 is 45.0 Å². The third kappa shape index (κ3) is 6.94. The number of hydrogen-bond acceptors (Lipinski definition) is 6. The molecule has 0 saturated carbocycles. The number of hydrogen-bond donors (Lipinski definition) is 4. The summed E-state index contributed by atoms with van der Waals surface area (Å²) in [4.78, 5) is 44.0. The zero-order chi connectivity index (χ0) is 23.0. The van der Waals surface area contributed by atoms with Gasteiger partial charge in [0.25, 0.3) is 0 Å². The van der Waals surface area contributed by atoms with Gasteiger partial charge in [0, 0.05) is 35.7 Å². The number of anilines is 2. The van der Waals surface area contributed by atoms with E-state index in [9.17, 15) is 27.6 Å². The number of carbonyl (C=O) groups excluding carboxylic acids is 2. The molecular formula is C20H16N2O8S. The van der Waals surface area contributed by atoms with Crippen LogP contribution in [0.4, 0.5) is 11.4 Å². The van der Waals surface area contributed by atoms with Crippen LogP contribution in [0.1, 0.15) is 0 Å². The number of amides is 2. The molecular weight excluding hydrogens is 428 g/mol. The largest absolute Gasteiger partial charge is 0.478 e. The van der Waals surface area contributed by atoms with Gasteiger partial charge >= 0.3 is 11.9 Å². The Morgan fingerprint density at radius 2 is 1.06 bits per heavy atom. The molecule has 160 valence electrons. The molecule has 0 bridgehead atoms. The lowest BCUT2D eigenvalue weighted by atomic mass is 10.3. The fourth-order valence-electron chi connectivity index (χ4n) is 2.28. The highest BCUT2D eigenvalue weighted by molar-refractivity contribution is 7.91. The lowest BCUT2D eigenvalue weighted by molar-refractivity contribution is -0.132. The summed E-state index contributed by atoms with van der Waals surface area (Å²) in [6.07, 6.45) is 2.85. The van der Waals surface area contributed by atoms with E-state index in [-0.39, 0.29) is 21.2 Å². The van der Waals surface area contributed by atoms with E-state index in [0.717, 1.165) is 12.2 Å². The fraction of sp³-hybridized carbons (Fsp3) is 0. The molecule has 10 nitrogen and oxygen atoms in total. The Kier molecular flexibility index (Phi) is 7.42. The number of carboxylic acids is 2. The maximum absolute atomic E-state index is 12.9. The average molecular weight is 444 g/mol. The van der Waals surface area contributed by atoms with Crippen molar-refractivity contribution in [2.24, 2.45) is 0 Å². The van der Waals surface area contributed by atoms with Gasteiger partial charge in [0.15, 0.2) is 0 Å². The summed E-state index contributed by atoms with van der Waals surface area (Å²) in [6, 6.07) is 10.6. The summed E-state index contributed by atoms with van der Waals surface area (Å²) < 4.78 is 25.9. The lowest BCUT2D eigenvalue weighted by Gasteiger charge is -2.09. The molecule has 0 aliphatic rings. The molecule has 2 aromatic rings. The predicted octanol–water partition coefficient (Wildman–Crippen LogP) is 1.68. The van der Waals surface area contributed by atoms with Crippen LogP contribution >= 0.6 is 0 Å². The SMILES string of the molecule is O=C(O)C=CC(=O)Nc1cccc(S(=O)(=O)c2cccc(NC(=O)C=CC(=O)O)c2)c1. The molecule has 0 unspecified atom stereocenters. The van der Waals surface area contributed by atoms with Crippen LogP contribution in [0, 0.1) is 0 Å². The fourth-order valence-corrected chi connectivity index (χ4v) is 3.63. The molecule has 2 rings (SSSR count). The van der Waals surface area contributed by atoms with Gasteiger partial charge < -0.3 is 20.8 Å². The van der Waals surface area contributed by atoms with Gasteiger partial charge in [0.1, 0.15) is 0 Å². The van der Waals surface area contributed by atoms with Crippen molar-refractivity contribution < 1.29 is 37.8 Å². The number of sulfone groups is 1. The van der Waals surface area contributed by atoms with Crippen molar-refractivity contribution in [3.63, 3.8) is 0 Å². The number of rotatable bonds is 8. The Hall–Kier alpha value is -4.25. The molecule has 0 aromatic heterocycles. The van der Waals surface area contributed by atoms with Gasteiger partial charge in [-0.15, -0.1) is 0 Å². The molecule has 2 aromatic carbocycles. The minimum atomic E-state index is -4.03. The topological polar surface area (TPSA) is 167 Å². The first-order chi connectivity index (χ1) is 14.6. The predicted molar refractivity (Wildman–Crippen MR) is 109 cm³/mol. The number of nitrogens with one attached hydrogen (secondary N) is 2. The number of carbonyl (C=O) groups is 4. The molecule has 0 spiro atoms. The van der Waals surface area contributed by atoms with Crippen molar-refractivity contribution in [2.45, 2.75) is 9.79 Å². The summed E-state index contributed by atoms with van der Waals surface area (Å²) in [5, 5.41) is 21.8. The van der Waals surface area contributed by atoms with E-state index < -0.39 is 33.6 Å². The highest BCUT2D eigenvalue weighted by Crippen LogP contribution is 2.25. The minimum absolute atomic E-state index is 0.129. The van der Waals surface area contributed by atoms with Crippen LogP contribution in [-0.4, -0.2) is 42.4 Å². The Morgan fingerprint density at radius 1 is 0.677 bits per heavy atom. The van der Waals surface area contributed by atoms with E-state index in [1.165, 1.54) is 48.5 Å². The number of aliphatic carboxylic acids is 2. The summed E-state index contributed by atoms with van der Waals surface area (Å²) in [5.41, 5.74) is 0.258. The Morgan fingerprint density at radius 3 is 1.42 bits per heavy atom. The summed E-state index contributed by atoms with van der Waals surface area (Å²) in [6.45, 7) is 0. The molecule has 2 amide bonds. The van der Waals surface area contributed by atoms with Crippen LogP contribution in [0.3, 0.4) is 0 Å². The summed E-state index contributed by atoms with van der Waals surface area (Å²) in [5.74, 6) is -4.12. The van der Waals surface area contributed by atoms with Crippen LogP contribution < -0.4 is 10.6 Å². The number of benzene rings is 2. The third-order valence-electron chi connectivity index (χ3n) is 3.58. The molecule has 0 fully saturated rings. The second-order valence-corrected chi connectivity index (χ2v) is 7.83. The van der Waals surface area contributed by atoms with E-state index >= 15 is 0 Å². The Balaban J connectivity index is 2.26. The van der Waals surface area contributed by atoms with Crippen LogP contribution in [0.15, 0.2) is 82.6 Å². The van der Waals surface area contributed by atoms with Gasteiger partial charge in [0.05, 0.1) is 9.79 Å². The first-order valence-electron chi connectivity index (χ1n) is 8.47. The van der Waals surface area contributed by atoms with Crippen molar-refractivity contribution in [1.29, 1.82) is 0 Å². The molecule has 0 heterocycles. The molecule has 0 aliphatic carbocycles. The summed E-state index contributed by atoms with van der Waals surface area (Å²) in [7, 11) is -4.03. The first kappa shape index (κ1) is 23.0. The average Bonchev–Trinajstić information content (AvgIpc) is 2.71. The van der Waals surface area contributed by atoms with E-state index in [1.54, 1.807) is 0 Å². The Labute approximate surface area is 176 Å². The van der Waals surface area contributed by atoms with E-state index in [4.69, 9.17) is 10.2 Å². The van der Waals surface area contributed by atoms with E-state index in [2.05, 4.69) is 10.6 Å². The van der Waals surface area contributed by atoms with E-state index in [1.807, 2.05) is 0 Å². The minimum Gasteiger partial charge on any atom is -0.478 e. The van der Waals surface area contributed by atoms with Crippen molar-refractivity contribution in [3.8, 4) is 0 Å². The normalized spacial score (nSPS) is 11.4.